The van der Waals surface area contributed by atoms with Crippen molar-refractivity contribution < 1.29 is 9.53 Å². The van der Waals surface area contributed by atoms with Crippen molar-refractivity contribution in [2.24, 2.45) is 5.18 Å². The smallest absolute Gasteiger partial charge is 0.410 e. The van der Waals surface area contributed by atoms with Gasteiger partial charge in [-0.15, -0.1) is 4.91 Å². The molecule has 3 aromatic rings. The fourth-order valence-electron chi connectivity index (χ4n) is 1.94. The fraction of sp³-hybridized carbons (Fsp3) is 0. The Bertz CT molecular complexity index is 812. The van der Waals surface area contributed by atoms with Gasteiger partial charge in [-0.3, -0.25) is 0 Å². The maximum absolute atomic E-state index is 12.0. The minimum absolute atomic E-state index is 0.305. The zero-order valence-electron chi connectivity index (χ0n) is 11.4. The lowest BCUT2D eigenvalue weighted by Crippen LogP contribution is -2.14. The van der Waals surface area contributed by atoms with Crippen molar-refractivity contribution in [2.75, 3.05) is 0 Å². The van der Waals surface area contributed by atoms with E-state index in [4.69, 9.17) is 4.74 Å². The Balaban J connectivity index is 1.81. The highest BCUT2D eigenvalue weighted by atomic mass is 16.6. The Morgan fingerprint density at radius 2 is 1.91 bits per heavy atom. The molecule has 0 N–H and O–H groups in total. The van der Waals surface area contributed by atoms with E-state index in [2.05, 4.69) is 10.2 Å². The molecular weight excluding hydrogens is 282 g/mol. The number of nitrogens with zero attached hydrogens (tertiary/aromatic N) is 3. The van der Waals surface area contributed by atoms with Crippen LogP contribution in [0.4, 0.5) is 10.5 Å². The van der Waals surface area contributed by atoms with Gasteiger partial charge in [-0.05, 0) is 29.4 Å². The first-order chi connectivity index (χ1) is 10.8. The third-order valence-electron chi connectivity index (χ3n) is 2.99. The van der Waals surface area contributed by atoms with Crippen LogP contribution in [0.1, 0.15) is 0 Å². The summed E-state index contributed by atoms with van der Waals surface area (Å²) < 4.78 is 6.45. The van der Waals surface area contributed by atoms with Gasteiger partial charge in [0.05, 0.1) is 5.69 Å². The number of carbonyl (C=O) groups excluding carboxylic acids is 1. The second kappa shape index (κ2) is 6.01. The molecule has 0 spiro atoms. The van der Waals surface area contributed by atoms with Gasteiger partial charge in [0.2, 0.25) is 0 Å². The van der Waals surface area contributed by atoms with Crippen LogP contribution in [0.25, 0.3) is 11.3 Å². The molecule has 0 radical (unpaired) electrons. The number of nitroso groups, excluding NO2 is 1. The van der Waals surface area contributed by atoms with Gasteiger partial charge >= 0.3 is 6.09 Å². The second-order valence-electron chi connectivity index (χ2n) is 4.49. The summed E-state index contributed by atoms with van der Waals surface area (Å²) in [5, 5.41) is 2.88. The molecule has 3 rings (SSSR count). The van der Waals surface area contributed by atoms with Gasteiger partial charge in [0.25, 0.3) is 0 Å². The highest BCUT2D eigenvalue weighted by Crippen LogP contribution is 2.22. The summed E-state index contributed by atoms with van der Waals surface area (Å²) >= 11 is 0. The van der Waals surface area contributed by atoms with Crippen LogP contribution in [0, 0.1) is 4.91 Å². The average molecular weight is 293 g/mol. The minimum Gasteiger partial charge on any atom is -0.410 e. The quantitative estimate of drug-likeness (QED) is 0.684. The molecular formula is C16H11N3O3. The highest BCUT2D eigenvalue weighted by Gasteiger charge is 2.10. The molecule has 6 heteroatoms. The second-order valence-corrected chi connectivity index (χ2v) is 4.49. The van der Waals surface area contributed by atoms with E-state index in [1.807, 2.05) is 6.07 Å². The molecule has 0 fully saturated rings. The van der Waals surface area contributed by atoms with E-state index in [-0.39, 0.29) is 0 Å². The van der Waals surface area contributed by atoms with E-state index in [1.54, 1.807) is 48.5 Å². The first-order valence-electron chi connectivity index (χ1n) is 6.51. The summed E-state index contributed by atoms with van der Waals surface area (Å²) in [7, 11) is 0. The summed E-state index contributed by atoms with van der Waals surface area (Å²) in [5.41, 5.74) is 1.55. The first-order valence-corrected chi connectivity index (χ1v) is 6.51. The summed E-state index contributed by atoms with van der Waals surface area (Å²) in [6, 6.07) is 15.4. The minimum atomic E-state index is -0.561. The van der Waals surface area contributed by atoms with E-state index in [0.717, 1.165) is 0 Å². The average Bonchev–Trinajstić information content (AvgIpc) is 3.06. The highest BCUT2D eigenvalue weighted by molar-refractivity contribution is 5.75. The molecule has 0 saturated heterocycles. The number of rotatable bonds is 3. The SMILES string of the molecule is O=Nc1cccc(-c2cn(C(=O)Oc3ccccc3)cn2)c1. The normalized spacial score (nSPS) is 10.2. The number of benzene rings is 2. The number of carbonyl (C=O) groups is 1. The molecule has 0 unspecified atom stereocenters. The monoisotopic (exact) mass is 293 g/mol. The third-order valence-corrected chi connectivity index (χ3v) is 2.99. The van der Waals surface area contributed by atoms with Crippen LogP contribution in [0.2, 0.25) is 0 Å². The zero-order chi connectivity index (χ0) is 15.4. The molecule has 0 aliphatic heterocycles. The molecule has 0 amide bonds. The third kappa shape index (κ3) is 2.90. The van der Waals surface area contributed by atoms with Crippen LogP contribution in [0.15, 0.2) is 72.3 Å². The Labute approximate surface area is 126 Å². The van der Waals surface area contributed by atoms with Crippen LogP contribution in [0.3, 0.4) is 0 Å². The maximum atomic E-state index is 12.0. The molecule has 22 heavy (non-hydrogen) atoms. The fourth-order valence-corrected chi connectivity index (χ4v) is 1.94. The maximum Gasteiger partial charge on any atom is 0.424 e. The predicted molar refractivity (Wildman–Crippen MR) is 81.0 cm³/mol. The molecule has 0 aliphatic rings. The Morgan fingerprint density at radius 3 is 2.68 bits per heavy atom. The Morgan fingerprint density at radius 1 is 1.09 bits per heavy atom. The van der Waals surface area contributed by atoms with Crippen LogP contribution in [-0.4, -0.2) is 15.6 Å². The van der Waals surface area contributed by atoms with Crippen molar-refractivity contribution >= 4 is 11.8 Å². The topological polar surface area (TPSA) is 73.5 Å². The van der Waals surface area contributed by atoms with Crippen LogP contribution < -0.4 is 4.74 Å². The largest absolute Gasteiger partial charge is 0.424 e. The van der Waals surface area contributed by atoms with E-state index in [1.165, 1.54) is 17.1 Å². The molecule has 0 saturated carbocycles. The lowest BCUT2D eigenvalue weighted by Gasteiger charge is -2.03. The molecule has 108 valence electrons. The standard InChI is InChI=1S/C16H11N3O3/c20-16(22-14-7-2-1-3-8-14)19-10-15(17-11-19)12-5-4-6-13(9-12)18-21/h1-11H. The molecule has 0 aliphatic carbocycles. The number of para-hydroxylation sites is 1. The number of hydrogen-bond acceptors (Lipinski definition) is 5. The number of imidazole rings is 1. The summed E-state index contributed by atoms with van der Waals surface area (Å²) in [5.74, 6) is 0.454. The van der Waals surface area contributed by atoms with Crippen LogP contribution in [-0.2, 0) is 0 Å². The van der Waals surface area contributed by atoms with Crippen molar-refractivity contribution in [1.82, 2.24) is 9.55 Å². The molecule has 1 aromatic heterocycles. The van der Waals surface area contributed by atoms with Gasteiger partial charge in [-0.25, -0.2) is 14.3 Å². The van der Waals surface area contributed by atoms with Crippen LogP contribution >= 0.6 is 0 Å². The summed E-state index contributed by atoms with van der Waals surface area (Å²) in [6.07, 6.45) is 2.34. The Hall–Kier alpha value is -3.28. The predicted octanol–water partition coefficient (Wildman–Crippen LogP) is 4.00. The lowest BCUT2D eigenvalue weighted by atomic mass is 10.1. The van der Waals surface area contributed by atoms with Crippen molar-refractivity contribution in [3.63, 3.8) is 0 Å². The first kappa shape index (κ1) is 13.7. The summed E-state index contributed by atoms with van der Waals surface area (Å²) in [4.78, 5) is 26.7. The molecule has 2 aromatic carbocycles. The zero-order valence-corrected chi connectivity index (χ0v) is 11.4. The van der Waals surface area contributed by atoms with Crippen molar-refractivity contribution in [3.8, 4) is 17.0 Å². The van der Waals surface area contributed by atoms with Gasteiger partial charge in [0.15, 0.2) is 0 Å². The van der Waals surface area contributed by atoms with Crippen LogP contribution in [0.5, 0.6) is 5.75 Å². The number of hydrogen-bond donors (Lipinski definition) is 0. The van der Waals surface area contributed by atoms with Gasteiger partial charge in [-0.1, -0.05) is 30.3 Å². The van der Waals surface area contributed by atoms with Crippen molar-refractivity contribution in [2.45, 2.75) is 0 Å². The van der Waals surface area contributed by atoms with Crippen molar-refractivity contribution in [1.29, 1.82) is 0 Å². The molecule has 0 bridgehead atoms. The van der Waals surface area contributed by atoms with E-state index in [0.29, 0.717) is 22.7 Å². The van der Waals surface area contributed by atoms with Gasteiger partial charge in [-0.2, -0.15) is 0 Å². The van der Waals surface area contributed by atoms with E-state index >= 15 is 0 Å². The molecule has 1 heterocycles. The van der Waals surface area contributed by atoms with Gasteiger partial charge in [0.1, 0.15) is 17.8 Å². The molecule has 0 atom stereocenters. The van der Waals surface area contributed by atoms with E-state index < -0.39 is 6.09 Å². The Kier molecular flexibility index (Phi) is 3.74. The van der Waals surface area contributed by atoms with E-state index in [9.17, 15) is 9.70 Å². The number of aromatic nitrogens is 2. The van der Waals surface area contributed by atoms with Crippen molar-refractivity contribution in [3.05, 3.63) is 72.0 Å². The number of ether oxygens (including phenoxy) is 1. The molecule has 6 nitrogen and oxygen atoms in total. The van der Waals surface area contributed by atoms with Gasteiger partial charge < -0.3 is 4.74 Å². The van der Waals surface area contributed by atoms with Gasteiger partial charge in [0, 0.05) is 11.8 Å². The summed E-state index contributed by atoms with van der Waals surface area (Å²) in [6.45, 7) is 0. The lowest BCUT2D eigenvalue weighted by molar-refractivity contribution is 0.202.